The lowest BCUT2D eigenvalue weighted by Crippen LogP contribution is -2.32. The molecule has 34 heavy (non-hydrogen) atoms. The maximum absolute atomic E-state index is 12.8. The zero-order chi connectivity index (χ0) is 24.3. The second-order valence-corrected chi connectivity index (χ2v) is 7.17. The number of hydrogen-bond donors (Lipinski definition) is 0. The number of benzene rings is 2. The highest BCUT2D eigenvalue weighted by Crippen LogP contribution is 2.28. The van der Waals surface area contributed by atoms with Crippen LogP contribution in [0.4, 0.5) is 23.7 Å². The highest BCUT2D eigenvalue weighted by atomic mass is 19.4. The summed E-state index contributed by atoms with van der Waals surface area (Å²) in [6.07, 6.45) is -3.45. The number of halogens is 3. The fourth-order valence-electron chi connectivity index (χ4n) is 3.28. The average molecular weight is 471 g/mol. The van der Waals surface area contributed by atoms with Gasteiger partial charge >= 0.3 is 18.4 Å². The third kappa shape index (κ3) is 5.31. The molecule has 0 unspecified atom stereocenters. The molecule has 8 nitrogen and oxygen atoms in total. The minimum absolute atomic E-state index is 0.0226. The summed E-state index contributed by atoms with van der Waals surface area (Å²) in [4.78, 5) is 43.6. The molecule has 4 rings (SSSR count). The number of urea groups is 1. The van der Waals surface area contributed by atoms with Crippen molar-refractivity contribution < 1.29 is 37.0 Å². The molecule has 3 aromatic rings. The highest BCUT2D eigenvalue weighted by Gasteiger charge is 2.37. The first-order valence-electron chi connectivity index (χ1n) is 9.89. The van der Waals surface area contributed by atoms with Crippen LogP contribution in [0.15, 0.2) is 72.9 Å². The predicted molar refractivity (Wildman–Crippen MR) is 112 cm³/mol. The van der Waals surface area contributed by atoms with E-state index in [1.54, 1.807) is 36.4 Å². The molecule has 3 amide bonds. The van der Waals surface area contributed by atoms with Crippen LogP contribution in [-0.2, 0) is 11.3 Å². The van der Waals surface area contributed by atoms with Crippen molar-refractivity contribution >= 4 is 23.6 Å². The standard InChI is InChI=1S/C23H16F3N3O5/c24-23(25,26)34-18-8-6-17(7-9-18)29-20(30)14-28(22(29)32)13-15-10-11-27-19(12-15)33-21(31)16-4-2-1-3-5-16/h1-12H,13-14H2. The van der Waals surface area contributed by atoms with E-state index in [1.807, 2.05) is 0 Å². The number of hydrogen-bond acceptors (Lipinski definition) is 6. The number of nitrogens with zero attached hydrogens (tertiary/aromatic N) is 3. The summed E-state index contributed by atoms with van der Waals surface area (Å²) in [5.74, 6) is -1.58. The van der Waals surface area contributed by atoms with Gasteiger partial charge in [0.2, 0.25) is 5.88 Å². The van der Waals surface area contributed by atoms with Crippen LogP contribution >= 0.6 is 0 Å². The van der Waals surface area contributed by atoms with Gasteiger partial charge in [-0.1, -0.05) is 18.2 Å². The Morgan fingerprint density at radius 2 is 1.71 bits per heavy atom. The van der Waals surface area contributed by atoms with Gasteiger partial charge in [0, 0.05) is 18.8 Å². The minimum Gasteiger partial charge on any atom is -0.406 e. The van der Waals surface area contributed by atoms with E-state index in [-0.39, 0.29) is 24.7 Å². The van der Waals surface area contributed by atoms with Crippen molar-refractivity contribution in [3.8, 4) is 11.6 Å². The molecule has 174 valence electrons. The molecule has 0 N–H and O–H groups in total. The van der Waals surface area contributed by atoms with E-state index in [2.05, 4.69) is 9.72 Å². The molecule has 0 bridgehead atoms. The van der Waals surface area contributed by atoms with Crippen LogP contribution in [0.5, 0.6) is 11.6 Å². The number of amides is 3. The highest BCUT2D eigenvalue weighted by molar-refractivity contribution is 6.19. The predicted octanol–water partition coefficient (Wildman–Crippen LogP) is 4.17. The average Bonchev–Trinajstić information content (AvgIpc) is 3.07. The molecule has 1 saturated heterocycles. The van der Waals surface area contributed by atoms with Crippen molar-refractivity contribution in [2.24, 2.45) is 0 Å². The summed E-state index contributed by atoms with van der Waals surface area (Å²) in [6.45, 7) is -0.212. The second-order valence-electron chi connectivity index (χ2n) is 7.17. The molecule has 0 aliphatic carbocycles. The number of rotatable bonds is 6. The van der Waals surface area contributed by atoms with Crippen molar-refractivity contribution in [2.75, 3.05) is 11.4 Å². The topological polar surface area (TPSA) is 89.0 Å². The van der Waals surface area contributed by atoms with Crippen LogP contribution < -0.4 is 14.4 Å². The van der Waals surface area contributed by atoms with Crippen LogP contribution in [-0.4, -0.2) is 40.7 Å². The van der Waals surface area contributed by atoms with Crippen molar-refractivity contribution in [3.05, 3.63) is 84.1 Å². The maximum Gasteiger partial charge on any atom is 0.573 e. The molecule has 1 fully saturated rings. The molecule has 11 heteroatoms. The van der Waals surface area contributed by atoms with Gasteiger partial charge in [0.15, 0.2) is 0 Å². The number of ether oxygens (including phenoxy) is 2. The lowest BCUT2D eigenvalue weighted by molar-refractivity contribution is -0.274. The van der Waals surface area contributed by atoms with E-state index in [1.165, 1.54) is 29.3 Å². The van der Waals surface area contributed by atoms with Crippen molar-refractivity contribution in [1.82, 2.24) is 9.88 Å². The van der Waals surface area contributed by atoms with E-state index in [4.69, 9.17) is 4.74 Å². The van der Waals surface area contributed by atoms with Gasteiger partial charge in [-0.2, -0.15) is 0 Å². The number of imide groups is 1. The third-order valence-corrected chi connectivity index (χ3v) is 4.75. The second kappa shape index (κ2) is 9.22. The van der Waals surface area contributed by atoms with Gasteiger partial charge in [-0.25, -0.2) is 19.5 Å². The number of carbonyl (C=O) groups is 3. The van der Waals surface area contributed by atoms with Gasteiger partial charge in [0.1, 0.15) is 12.3 Å². The maximum atomic E-state index is 12.8. The zero-order valence-electron chi connectivity index (χ0n) is 17.4. The minimum atomic E-state index is -4.85. The van der Waals surface area contributed by atoms with Gasteiger partial charge in [0.25, 0.3) is 5.91 Å². The Balaban J connectivity index is 1.43. The number of pyridine rings is 1. The normalized spacial score (nSPS) is 13.9. The summed E-state index contributed by atoms with van der Waals surface area (Å²) < 4.78 is 46.1. The molecule has 2 heterocycles. The lowest BCUT2D eigenvalue weighted by Gasteiger charge is -2.18. The smallest absolute Gasteiger partial charge is 0.406 e. The molecule has 0 radical (unpaired) electrons. The number of anilines is 1. The Kier molecular flexibility index (Phi) is 6.17. The summed E-state index contributed by atoms with van der Waals surface area (Å²) in [5, 5.41) is 0. The molecule has 0 spiro atoms. The first-order chi connectivity index (χ1) is 16.2. The van der Waals surface area contributed by atoms with Crippen molar-refractivity contribution in [1.29, 1.82) is 0 Å². The van der Waals surface area contributed by atoms with Gasteiger partial charge in [-0.05, 0) is 48.0 Å². The first kappa shape index (κ1) is 22.8. The van der Waals surface area contributed by atoms with Crippen LogP contribution in [0, 0.1) is 0 Å². The summed E-state index contributed by atoms with van der Waals surface area (Å²) >= 11 is 0. The molecule has 2 aromatic carbocycles. The number of carbonyl (C=O) groups excluding carboxylic acids is 3. The molecule has 1 aromatic heterocycles. The van der Waals surface area contributed by atoms with Gasteiger partial charge < -0.3 is 14.4 Å². The van der Waals surface area contributed by atoms with E-state index >= 15 is 0 Å². The molecule has 1 aliphatic rings. The van der Waals surface area contributed by atoms with Crippen molar-refractivity contribution in [2.45, 2.75) is 12.9 Å². The Morgan fingerprint density at radius 3 is 2.38 bits per heavy atom. The Bertz CT molecular complexity index is 1220. The summed E-state index contributed by atoms with van der Waals surface area (Å²) in [5.41, 5.74) is 1.01. The summed E-state index contributed by atoms with van der Waals surface area (Å²) in [7, 11) is 0. The van der Waals surface area contributed by atoms with Crippen LogP contribution in [0.1, 0.15) is 15.9 Å². The molecular formula is C23H16F3N3O5. The quantitative estimate of drug-likeness (QED) is 0.396. The Morgan fingerprint density at radius 1 is 1.00 bits per heavy atom. The first-order valence-corrected chi connectivity index (χ1v) is 9.89. The third-order valence-electron chi connectivity index (χ3n) is 4.75. The molecule has 0 saturated carbocycles. The number of esters is 1. The number of aromatic nitrogens is 1. The SMILES string of the molecule is O=C(Oc1cc(CN2CC(=O)N(c3ccc(OC(F)(F)F)cc3)C2=O)ccn1)c1ccccc1. The monoisotopic (exact) mass is 471 g/mol. The van der Waals surface area contributed by atoms with E-state index < -0.39 is 30.0 Å². The lowest BCUT2D eigenvalue weighted by atomic mass is 10.2. The summed E-state index contributed by atoms with van der Waals surface area (Å²) in [6, 6.07) is 15.2. The zero-order valence-corrected chi connectivity index (χ0v) is 17.4. The van der Waals surface area contributed by atoms with E-state index in [0.717, 1.165) is 17.0 Å². The Labute approximate surface area is 191 Å². The molecule has 1 aliphatic heterocycles. The Hall–Kier alpha value is -4.41. The van der Waals surface area contributed by atoms with Crippen LogP contribution in [0.2, 0.25) is 0 Å². The van der Waals surface area contributed by atoms with Gasteiger partial charge in [-0.3, -0.25) is 4.79 Å². The fraction of sp³-hybridized carbons (Fsp3) is 0.130. The van der Waals surface area contributed by atoms with Crippen molar-refractivity contribution in [3.63, 3.8) is 0 Å². The molecule has 0 atom stereocenters. The largest absolute Gasteiger partial charge is 0.573 e. The van der Waals surface area contributed by atoms with Crippen LogP contribution in [0.25, 0.3) is 0 Å². The fourth-order valence-corrected chi connectivity index (χ4v) is 3.28. The van der Waals surface area contributed by atoms with E-state index in [9.17, 15) is 27.6 Å². The number of alkyl halides is 3. The van der Waals surface area contributed by atoms with E-state index in [0.29, 0.717) is 11.1 Å². The van der Waals surface area contributed by atoms with Gasteiger partial charge in [0.05, 0.1) is 11.3 Å². The van der Waals surface area contributed by atoms with Crippen LogP contribution in [0.3, 0.4) is 0 Å². The van der Waals surface area contributed by atoms with Gasteiger partial charge in [-0.15, -0.1) is 13.2 Å². The molecular weight excluding hydrogens is 455 g/mol.